The van der Waals surface area contributed by atoms with E-state index in [4.69, 9.17) is 18.9 Å². The Bertz CT molecular complexity index is 892. The largest absolute Gasteiger partial charge is 0.504 e. The maximum atomic E-state index is 12.3. The molecule has 7 heteroatoms. The van der Waals surface area contributed by atoms with Crippen LogP contribution >= 0.6 is 0 Å². The van der Waals surface area contributed by atoms with Crippen molar-refractivity contribution in [2.75, 3.05) is 27.9 Å². The third-order valence-corrected chi connectivity index (χ3v) is 4.64. The SMILES string of the molecule is COc1cc(C[C@H]2COC(=O)/C2=C/c2cc(OC)c(O)c(OC)c2)ccc1O. The van der Waals surface area contributed by atoms with Crippen LogP contribution in [0.15, 0.2) is 35.9 Å². The van der Waals surface area contributed by atoms with Crippen LogP contribution in [-0.2, 0) is 16.0 Å². The van der Waals surface area contributed by atoms with Crippen LogP contribution in [0, 0.1) is 5.92 Å². The number of aromatic hydroxyl groups is 2. The Labute approximate surface area is 162 Å². The lowest BCUT2D eigenvalue weighted by molar-refractivity contribution is -0.135. The van der Waals surface area contributed by atoms with Gasteiger partial charge < -0.3 is 29.2 Å². The average molecular weight is 386 g/mol. The number of cyclic esters (lactones) is 1. The summed E-state index contributed by atoms with van der Waals surface area (Å²) in [4.78, 5) is 12.3. The zero-order valence-corrected chi connectivity index (χ0v) is 15.9. The number of phenols is 2. The molecule has 1 fully saturated rings. The van der Waals surface area contributed by atoms with Gasteiger partial charge in [-0.2, -0.15) is 0 Å². The second kappa shape index (κ2) is 8.12. The second-order valence-electron chi connectivity index (χ2n) is 6.38. The first-order valence-electron chi connectivity index (χ1n) is 8.66. The van der Waals surface area contributed by atoms with E-state index in [-0.39, 0.29) is 41.5 Å². The monoisotopic (exact) mass is 386 g/mol. The van der Waals surface area contributed by atoms with E-state index >= 15 is 0 Å². The van der Waals surface area contributed by atoms with E-state index in [0.717, 1.165) is 5.56 Å². The van der Waals surface area contributed by atoms with E-state index in [9.17, 15) is 15.0 Å². The summed E-state index contributed by atoms with van der Waals surface area (Å²) in [5.74, 6) is 0.281. The molecule has 0 saturated carbocycles. The first-order chi connectivity index (χ1) is 13.5. The van der Waals surface area contributed by atoms with Crippen molar-refractivity contribution in [2.24, 2.45) is 5.92 Å². The van der Waals surface area contributed by atoms with Gasteiger partial charge in [-0.25, -0.2) is 4.79 Å². The van der Waals surface area contributed by atoms with Gasteiger partial charge in [0, 0.05) is 11.5 Å². The number of phenolic OH excluding ortho intramolecular Hbond substituents is 2. The predicted molar refractivity (Wildman–Crippen MR) is 102 cm³/mol. The van der Waals surface area contributed by atoms with Gasteiger partial charge in [0.15, 0.2) is 23.0 Å². The van der Waals surface area contributed by atoms with Crippen molar-refractivity contribution in [3.63, 3.8) is 0 Å². The molecule has 0 unspecified atom stereocenters. The molecular weight excluding hydrogens is 364 g/mol. The molecule has 1 aliphatic heterocycles. The normalized spacial score (nSPS) is 17.5. The van der Waals surface area contributed by atoms with Crippen molar-refractivity contribution < 1.29 is 34.0 Å². The number of benzene rings is 2. The van der Waals surface area contributed by atoms with E-state index < -0.39 is 0 Å². The highest BCUT2D eigenvalue weighted by molar-refractivity contribution is 5.96. The summed E-state index contributed by atoms with van der Waals surface area (Å²) in [6.45, 7) is 0.264. The minimum Gasteiger partial charge on any atom is -0.504 e. The lowest BCUT2D eigenvalue weighted by Crippen LogP contribution is -2.07. The van der Waals surface area contributed by atoms with E-state index in [0.29, 0.717) is 23.3 Å². The van der Waals surface area contributed by atoms with Crippen LogP contribution in [0.5, 0.6) is 28.7 Å². The van der Waals surface area contributed by atoms with Gasteiger partial charge in [0.05, 0.1) is 27.9 Å². The van der Waals surface area contributed by atoms with Crippen LogP contribution < -0.4 is 14.2 Å². The Morgan fingerprint density at radius 2 is 1.68 bits per heavy atom. The summed E-state index contributed by atoms with van der Waals surface area (Å²) in [7, 11) is 4.37. The number of esters is 1. The van der Waals surface area contributed by atoms with Crippen LogP contribution in [0.4, 0.5) is 0 Å². The summed E-state index contributed by atoms with van der Waals surface area (Å²) in [5.41, 5.74) is 2.07. The van der Waals surface area contributed by atoms with Crippen LogP contribution in [-0.4, -0.2) is 44.1 Å². The van der Waals surface area contributed by atoms with Crippen molar-refractivity contribution >= 4 is 12.0 Å². The minimum absolute atomic E-state index is 0.0593. The molecule has 1 atom stereocenters. The fraction of sp³-hybridized carbons (Fsp3) is 0.286. The number of methoxy groups -OCH3 is 3. The lowest BCUT2D eigenvalue weighted by atomic mass is 9.92. The molecular formula is C21H22O7. The van der Waals surface area contributed by atoms with Crippen molar-refractivity contribution in [1.29, 1.82) is 0 Å². The molecule has 2 N–H and O–H groups in total. The summed E-state index contributed by atoms with van der Waals surface area (Å²) in [6.07, 6.45) is 2.25. The highest BCUT2D eigenvalue weighted by Gasteiger charge is 2.31. The molecule has 148 valence electrons. The number of hydrogen-bond acceptors (Lipinski definition) is 7. The average Bonchev–Trinajstić information content (AvgIpc) is 3.03. The fourth-order valence-electron chi connectivity index (χ4n) is 3.17. The van der Waals surface area contributed by atoms with Crippen LogP contribution in [0.25, 0.3) is 6.08 Å². The molecule has 0 aliphatic carbocycles. The van der Waals surface area contributed by atoms with Crippen LogP contribution in [0.2, 0.25) is 0 Å². The Morgan fingerprint density at radius 3 is 2.29 bits per heavy atom. The molecule has 2 aromatic rings. The maximum Gasteiger partial charge on any atom is 0.334 e. The molecule has 1 saturated heterocycles. The Kier molecular flexibility index (Phi) is 5.63. The van der Waals surface area contributed by atoms with Gasteiger partial charge in [-0.05, 0) is 47.9 Å². The van der Waals surface area contributed by atoms with Crippen molar-refractivity contribution in [2.45, 2.75) is 6.42 Å². The summed E-state index contributed by atoms with van der Waals surface area (Å²) >= 11 is 0. The zero-order chi connectivity index (χ0) is 20.3. The van der Waals surface area contributed by atoms with Gasteiger partial charge in [-0.3, -0.25) is 0 Å². The third-order valence-electron chi connectivity index (χ3n) is 4.64. The third kappa shape index (κ3) is 3.83. The fourth-order valence-corrected chi connectivity index (χ4v) is 3.17. The van der Waals surface area contributed by atoms with Gasteiger partial charge >= 0.3 is 5.97 Å². The lowest BCUT2D eigenvalue weighted by Gasteiger charge is -2.12. The Balaban J connectivity index is 1.92. The zero-order valence-electron chi connectivity index (χ0n) is 15.9. The molecule has 1 heterocycles. The van der Waals surface area contributed by atoms with Gasteiger partial charge in [0.1, 0.15) is 0 Å². The second-order valence-corrected chi connectivity index (χ2v) is 6.38. The van der Waals surface area contributed by atoms with Crippen molar-refractivity contribution in [3.8, 4) is 28.7 Å². The molecule has 7 nitrogen and oxygen atoms in total. The summed E-state index contributed by atoms with van der Waals surface area (Å²) in [5, 5.41) is 19.8. The molecule has 28 heavy (non-hydrogen) atoms. The van der Waals surface area contributed by atoms with E-state index in [1.165, 1.54) is 21.3 Å². The van der Waals surface area contributed by atoms with E-state index in [1.54, 1.807) is 36.4 Å². The predicted octanol–water partition coefficient (Wildman–Crippen LogP) is 2.92. The molecule has 0 spiro atoms. The molecule has 2 aromatic carbocycles. The Hall–Kier alpha value is -3.35. The number of ether oxygens (including phenoxy) is 4. The number of hydrogen-bond donors (Lipinski definition) is 2. The molecule has 0 amide bonds. The van der Waals surface area contributed by atoms with Crippen LogP contribution in [0.3, 0.4) is 0 Å². The summed E-state index contributed by atoms with van der Waals surface area (Å²) < 4.78 is 20.7. The maximum absolute atomic E-state index is 12.3. The highest BCUT2D eigenvalue weighted by Crippen LogP contribution is 2.38. The van der Waals surface area contributed by atoms with Gasteiger partial charge in [-0.1, -0.05) is 6.07 Å². The first-order valence-corrected chi connectivity index (χ1v) is 8.66. The Morgan fingerprint density at radius 1 is 1.04 bits per heavy atom. The number of carbonyl (C=O) groups is 1. The highest BCUT2D eigenvalue weighted by atomic mass is 16.5. The first kappa shape index (κ1) is 19.4. The standard InChI is InChI=1S/C21H22O7/c1-25-17-8-12(4-5-16(17)22)6-14-11-28-21(24)15(14)7-13-9-18(26-2)20(23)19(10-13)27-3/h4-5,7-10,14,22-23H,6,11H2,1-3H3/b15-7+/t14-/m0/s1. The molecule has 0 radical (unpaired) electrons. The minimum atomic E-state index is -0.387. The van der Waals surface area contributed by atoms with Gasteiger partial charge in [0.25, 0.3) is 0 Å². The summed E-state index contributed by atoms with van der Waals surface area (Å²) in [6, 6.07) is 8.33. The van der Waals surface area contributed by atoms with Crippen LogP contribution in [0.1, 0.15) is 11.1 Å². The van der Waals surface area contributed by atoms with E-state index in [2.05, 4.69) is 0 Å². The van der Waals surface area contributed by atoms with Gasteiger partial charge in [-0.15, -0.1) is 0 Å². The van der Waals surface area contributed by atoms with Crippen molar-refractivity contribution in [3.05, 3.63) is 47.0 Å². The quantitative estimate of drug-likeness (QED) is 0.582. The molecule has 1 aliphatic rings. The smallest absolute Gasteiger partial charge is 0.334 e. The molecule has 3 rings (SSSR count). The number of carbonyl (C=O) groups excluding carboxylic acids is 1. The molecule has 0 aromatic heterocycles. The van der Waals surface area contributed by atoms with E-state index in [1.807, 2.05) is 0 Å². The number of rotatable bonds is 6. The van der Waals surface area contributed by atoms with Gasteiger partial charge in [0.2, 0.25) is 5.75 Å². The topological polar surface area (TPSA) is 94.5 Å². The van der Waals surface area contributed by atoms with Crippen molar-refractivity contribution in [1.82, 2.24) is 0 Å². The molecule has 0 bridgehead atoms.